The average Bonchev–Trinajstić information content (AvgIpc) is 2.84. The minimum atomic E-state index is -5.08. The molecule has 0 radical (unpaired) electrons. The van der Waals surface area contributed by atoms with Crippen LogP contribution in [0.1, 0.15) is 0 Å². The van der Waals surface area contributed by atoms with E-state index in [1.807, 2.05) is 0 Å². The van der Waals surface area contributed by atoms with E-state index in [0.29, 0.717) is 5.75 Å². The van der Waals surface area contributed by atoms with Gasteiger partial charge in [-0.25, -0.2) is 16.8 Å². The summed E-state index contributed by atoms with van der Waals surface area (Å²) in [5, 5.41) is 9.42. The summed E-state index contributed by atoms with van der Waals surface area (Å²) in [6.45, 7) is 0. The molecule has 180 valence electrons. The molecule has 0 aliphatic rings. The molecular weight excluding hydrogens is 538 g/mol. The van der Waals surface area contributed by atoms with Gasteiger partial charge in [-0.15, -0.1) is 12.1 Å². The van der Waals surface area contributed by atoms with Crippen molar-refractivity contribution in [3.63, 3.8) is 0 Å². The molecule has 12 heteroatoms. The second-order valence-electron chi connectivity index (χ2n) is 7.33. The van der Waals surface area contributed by atoms with Gasteiger partial charge in [-0.1, -0.05) is 24.3 Å². The van der Waals surface area contributed by atoms with Gasteiger partial charge in [0, 0.05) is 5.75 Å². The molecule has 4 rings (SSSR count). The largest absolute Gasteiger partial charge is 1.00 e. The zero-order chi connectivity index (χ0) is 25.2. The smallest absolute Gasteiger partial charge is 0.744 e. The topological polar surface area (TPSA) is 130 Å². The van der Waals surface area contributed by atoms with E-state index < -0.39 is 24.9 Å². The van der Waals surface area contributed by atoms with Gasteiger partial charge in [0.15, 0.2) is 9.84 Å². The Morgan fingerprint density at radius 3 is 1.86 bits per heavy atom. The monoisotopic (exact) mass is 556 g/mol. The Balaban J connectivity index is 0.00000241. The molecule has 0 heterocycles. The van der Waals surface area contributed by atoms with Gasteiger partial charge in [0.1, 0.15) is 27.4 Å². The van der Waals surface area contributed by atoms with Crippen molar-refractivity contribution in [2.24, 2.45) is 0 Å². The van der Waals surface area contributed by atoms with Crippen LogP contribution in [0.3, 0.4) is 0 Å². The summed E-state index contributed by atoms with van der Waals surface area (Å²) in [5.41, 5.74) is 1.65. The number of sulfone groups is 1. The predicted molar refractivity (Wildman–Crippen MR) is 125 cm³/mol. The average molecular weight is 557 g/mol. The van der Waals surface area contributed by atoms with Crippen LogP contribution >= 0.6 is 0 Å². The Morgan fingerprint density at radius 1 is 0.784 bits per heavy atom. The van der Waals surface area contributed by atoms with Crippen LogP contribution in [0.4, 0.5) is 0 Å². The Labute approximate surface area is 259 Å². The number of ether oxygens (including phenoxy) is 2. The Hall–Kier alpha value is -1.86. The molecule has 0 aliphatic heterocycles. The number of phenolic OH excluding ortho intramolecular Hbond substituents is 1. The summed E-state index contributed by atoms with van der Waals surface area (Å²) in [6.07, 6.45) is 0. The van der Waals surface area contributed by atoms with E-state index in [9.17, 15) is 26.5 Å². The van der Waals surface area contributed by atoms with Crippen LogP contribution in [0.2, 0.25) is 0 Å². The van der Waals surface area contributed by atoms with E-state index in [4.69, 9.17) is 9.47 Å². The van der Waals surface area contributed by atoms with Crippen molar-refractivity contribution >= 4 is 20.0 Å². The van der Waals surface area contributed by atoms with Crippen molar-refractivity contribution in [1.82, 2.24) is 0 Å². The molecule has 0 saturated carbocycles. The number of phenols is 1. The fourth-order valence-electron chi connectivity index (χ4n) is 3.26. The van der Waals surface area contributed by atoms with Crippen molar-refractivity contribution in [2.75, 3.05) is 7.11 Å². The quantitative estimate of drug-likeness (QED) is 0.164. The summed E-state index contributed by atoms with van der Waals surface area (Å²) in [7, 11) is -7.81. The first kappa shape index (κ1) is 31.4. The predicted octanol–water partition coefficient (Wildman–Crippen LogP) is -1.59. The van der Waals surface area contributed by atoms with E-state index in [-0.39, 0.29) is 86.2 Å². The van der Waals surface area contributed by atoms with Gasteiger partial charge in [0.05, 0.1) is 16.9 Å². The summed E-state index contributed by atoms with van der Waals surface area (Å²) in [6, 6.07) is 22.7. The maximum absolute atomic E-state index is 13.0. The summed E-state index contributed by atoms with van der Waals surface area (Å²) in [5.74, 6) is 0.387. The summed E-state index contributed by atoms with van der Waals surface area (Å²) in [4.78, 5) is -1.34. The number of hydrogen-bond donors (Lipinski definition) is 1. The van der Waals surface area contributed by atoms with Gasteiger partial charge in [-0.05, 0) is 58.5 Å². The normalized spacial score (nSPS) is 11.1. The first-order chi connectivity index (χ1) is 16.6. The van der Waals surface area contributed by atoms with Gasteiger partial charge in [-0.3, -0.25) is 0 Å². The number of aromatic hydroxyl groups is 1. The maximum Gasteiger partial charge on any atom is 1.00 e. The number of methoxy groups -OCH3 is 1. The first-order valence-electron chi connectivity index (χ1n) is 10.1. The van der Waals surface area contributed by atoms with Crippen LogP contribution in [0.25, 0.3) is 11.1 Å². The molecule has 4 aromatic carbocycles. The molecule has 0 aromatic heterocycles. The van der Waals surface area contributed by atoms with Gasteiger partial charge in [0.25, 0.3) is 0 Å². The standard InChI is InChI=1S/C25H19O8S2.2Na/c1-32-20-10-12-22(13-11-20)34(27,28)23-14-15-24(25(16-23)35(29,30)31)33-21-8-4-18(5-9-21)17-2-6-19(26)7-3-17;;/h2-10,12-16,26H,1H3,(H,29,30,31);;/q-1;2*+1/p-1. The van der Waals surface area contributed by atoms with E-state index in [1.54, 1.807) is 48.5 Å². The van der Waals surface area contributed by atoms with Crippen LogP contribution in [-0.4, -0.2) is 33.6 Å². The van der Waals surface area contributed by atoms with Gasteiger partial charge >= 0.3 is 59.1 Å². The molecule has 0 aliphatic carbocycles. The molecule has 0 spiro atoms. The number of hydrogen-bond acceptors (Lipinski definition) is 8. The molecule has 4 aromatic rings. The SMILES string of the molecule is COc1[c-]cc(S(=O)(=O)c2ccc(Oc3ccc(-c4ccc(O)cc4)cc3)c(S(=O)(=O)[O-])c2)cc1.[Na+].[Na+]. The van der Waals surface area contributed by atoms with Crippen LogP contribution in [0.15, 0.2) is 99.6 Å². The first-order valence-corrected chi connectivity index (χ1v) is 13.0. The van der Waals surface area contributed by atoms with E-state index >= 15 is 0 Å². The maximum atomic E-state index is 13.0. The third kappa shape index (κ3) is 7.38. The van der Waals surface area contributed by atoms with Crippen LogP contribution < -0.4 is 68.6 Å². The third-order valence-electron chi connectivity index (χ3n) is 5.06. The Morgan fingerprint density at radius 2 is 1.35 bits per heavy atom. The fourth-order valence-corrected chi connectivity index (χ4v) is 5.21. The molecule has 0 atom stereocenters. The summed E-state index contributed by atoms with van der Waals surface area (Å²) >= 11 is 0. The molecule has 0 fully saturated rings. The van der Waals surface area contributed by atoms with Crippen LogP contribution in [-0.2, 0) is 20.0 Å². The zero-order valence-electron chi connectivity index (χ0n) is 20.2. The van der Waals surface area contributed by atoms with Crippen molar-refractivity contribution in [3.05, 3.63) is 91.0 Å². The molecule has 0 saturated heterocycles. The second-order valence-corrected chi connectivity index (χ2v) is 10.6. The van der Waals surface area contributed by atoms with Gasteiger partial charge in [0.2, 0.25) is 0 Å². The van der Waals surface area contributed by atoms with E-state index in [1.165, 1.54) is 25.3 Å². The Kier molecular flexibility index (Phi) is 10.8. The number of benzene rings is 4. The minimum Gasteiger partial charge on any atom is -0.744 e. The third-order valence-corrected chi connectivity index (χ3v) is 7.67. The fraction of sp³-hybridized carbons (Fsp3) is 0.0400. The second kappa shape index (κ2) is 12.8. The molecule has 1 N–H and O–H groups in total. The molecule has 37 heavy (non-hydrogen) atoms. The summed E-state index contributed by atoms with van der Waals surface area (Å²) < 4.78 is 72.3. The van der Waals surface area contributed by atoms with Crippen molar-refractivity contribution in [2.45, 2.75) is 14.7 Å². The Bertz CT molecular complexity index is 1570. The molecule has 0 bridgehead atoms. The van der Waals surface area contributed by atoms with Crippen molar-refractivity contribution in [1.29, 1.82) is 0 Å². The number of rotatable bonds is 7. The van der Waals surface area contributed by atoms with Crippen molar-refractivity contribution in [3.8, 4) is 34.1 Å². The van der Waals surface area contributed by atoms with E-state index in [0.717, 1.165) is 29.3 Å². The van der Waals surface area contributed by atoms with Gasteiger partial charge < -0.3 is 19.1 Å². The van der Waals surface area contributed by atoms with Crippen LogP contribution in [0, 0.1) is 6.07 Å². The zero-order valence-corrected chi connectivity index (χ0v) is 25.8. The molecule has 8 nitrogen and oxygen atoms in total. The molecule has 0 amide bonds. The van der Waals surface area contributed by atoms with Crippen molar-refractivity contribution < 1.29 is 95.1 Å². The molecule has 0 unspecified atom stereocenters. The van der Waals surface area contributed by atoms with Gasteiger partial charge in [-0.2, -0.15) is 12.1 Å². The van der Waals surface area contributed by atoms with E-state index in [2.05, 4.69) is 6.07 Å². The minimum absolute atomic E-state index is 0. The molecular formula is C25H18Na2O8S2. The van der Waals surface area contributed by atoms with Crippen LogP contribution in [0.5, 0.6) is 23.0 Å².